The highest BCUT2D eigenvalue weighted by molar-refractivity contribution is 5.14. The Morgan fingerprint density at radius 2 is 1.68 bits per heavy atom. The topological polar surface area (TPSA) is 45.4 Å². The molecule has 1 atom stereocenters. The van der Waals surface area contributed by atoms with Crippen LogP contribution in [0.5, 0.6) is 0 Å². The largest absolute Gasteiger partial charge is 0.329 e. The van der Waals surface area contributed by atoms with Gasteiger partial charge in [-0.2, -0.15) is 0 Å². The van der Waals surface area contributed by atoms with Crippen LogP contribution in [0.3, 0.4) is 0 Å². The lowest BCUT2D eigenvalue weighted by Crippen LogP contribution is -2.48. The summed E-state index contributed by atoms with van der Waals surface area (Å²) in [6.07, 6.45) is 1.85. The monoisotopic (exact) mass is 296 g/mol. The van der Waals surface area contributed by atoms with E-state index in [1.807, 2.05) is 18.3 Å². The first-order valence-electron chi connectivity index (χ1n) is 7.98. The van der Waals surface area contributed by atoms with Gasteiger partial charge < -0.3 is 5.73 Å². The Morgan fingerprint density at radius 3 is 2.32 bits per heavy atom. The Morgan fingerprint density at radius 1 is 0.955 bits per heavy atom. The van der Waals surface area contributed by atoms with E-state index in [9.17, 15) is 0 Å². The van der Waals surface area contributed by atoms with Gasteiger partial charge in [0.25, 0.3) is 0 Å². The molecule has 1 fully saturated rings. The smallest absolute Gasteiger partial charge is 0.0645 e. The molecule has 0 spiro atoms. The van der Waals surface area contributed by atoms with Gasteiger partial charge in [0.1, 0.15) is 0 Å². The van der Waals surface area contributed by atoms with Gasteiger partial charge in [0.05, 0.1) is 11.7 Å². The molecule has 2 heterocycles. The van der Waals surface area contributed by atoms with Gasteiger partial charge in [0, 0.05) is 45.5 Å². The van der Waals surface area contributed by atoms with Crippen LogP contribution in [0, 0.1) is 0 Å². The van der Waals surface area contributed by atoms with Crippen molar-refractivity contribution in [2.24, 2.45) is 5.73 Å². The Balaban J connectivity index is 1.57. The molecule has 2 aromatic rings. The Labute approximate surface area is 132 Å². The van der Waals surface area contributed by atoms with Crippen molar-refractivity contribution in [3.05, 3.63) is 66.0 Å². The fourth-order valence-corrected chi connectivity index (χ4v) is 3.10. The molecule has 1 aliphatic heterocycles. The maximum Gasteiger partial charge on any atom is 0.0645 e. The molecule has 1 unspecified atom stereocenters. The second-order valence-corrected chi connectivity index (χ2v) is 5.80. The Hall–Kier alpha value is -1.75. The fourth-order valence-electron chi connectivity index (χ4n) is 3.10. The molecule has 0 bridgehead atoms. The number of nitrogens with two attached hydrogens (primary N) is 1. The number of benzene rings is 1. The van der Waals surface area contributed by atoms with E-state index in [0.29, 0.717) is 6.54 Å². The second-order valence-electron chi connectivity index (χ2n) is 5.80. The number of hydrogen-bond donors (Lipinski definition) is 1. The Bertz CT molecular complexity index is 550. The van der Waals surface area contributed by atoms with Crippen molar-refractivity contribution >= 4 is 0 Å². The van der Waals surface area contributed by atoms with Crippen LogP contribution in [0.25, 0.3) is 0 Å². The van der Waals surface area contributed by atoms with Crippen LogP contribution in [-0.4, -0.2) is 47.5 Å². The summed E-state index contributed by atoms with van der Waals surface area (Å²) < 4.78 is 0. The van der Waals surface area contributed by atoms with Crippen LogP contribution in [-0.2, 0) is 6.54 Å². The number of piperazine rings is 1. The number of hydrogen-bond acceptors (Lipinski definition) is 4. The molecule has 1 aliphatic rings. The quantitative estimate of drug-likeness (QED) is 0.915. The van der Waals surface area contributed by atoms with Crippen molar-refractivity contribution < 1.29 is 0 Å². The van der Waals surface area contributed by atoms with Gasteiger partial charge in [0.15, 0.2) is 0 Å². The summed E-state index contributed by atoms with van der Waals surface area (Å²) in [5.74, 6) is 0. The van der Waals surface area contributed by atoms with Crippen molar-refractivity contribution in [2.45, 2.75) is 12.6 Å². The molecule has 0 amide bonds. The van der Waals surface area contributed by atoms with Gasteiger partial charge in [-0.1, -0.05) is 36.4 Å². The molecule has 0 radical (unpaired) electrons. The lowest BCUT2D eigenvalue weighted by atomic mass is 10.1. The minimum absolute atomic E-state index is 0.236. The molecule has 4 nitrogen and oxygen atoms in total. The van der Waals surface area contributed by atoms with E-state index in [1.54, 1.807) is 0 Å². The molecule has 1 aromatic heterocycles. The molecule has 0 aliphatic carbocycles. The SMILES string of the molecule is NCC(c1ccccn1)N1CCN(Cc2ccccc2)CC1. The molecular weight excluding hydrogens is 272 g/mol. The average Bonchev–Trinajstić information content (AvgIpc) is 2.59. The lowest BCUT2D eigenvalue weighted by Gasteiger charge is -2.38. The molecule has 1 saturated heterocycles. The lowest BCUT2D eigenvalue weighted by molar-refractivity contribution is 0.0926. The minimum atomic E-state index is 0.236. The third-order valence-electron chi connectivity index (χ3n) is 4.35. The van der Waals surface area contributed by atoms with Gasteiger partial charge in [-0.15, -0.1) is 0 Å². The molecule has 1 aromatic carbocycles. The predicted octanol–water partition coefficient (Wildman–Crippen LogP) is 1.90. The number of rotatable bonds is 5. The zero-order chi connectivity index (χ0) is 15.2. The normalized spacial score (nSPS) is 18.2. The zero-order valence-electron chi connectivity index (χ0n) is 12.9. The standard InChI is InChI=1S/C18H24N4/c19-14-18(17-8-4-5-9-20-17)22-12-10-21(11-13-22)15-16-6-2-1-3-7-16/h1-9,18H,10-15,19H2. The first-order chi connectivity index (χ1) is 10.9. The second kappa shape index (κ2) is 7.49. The number of nitrogens with zero attached hydrogens (tertiary/aromatic N) is 3. The highest BCUT2D eigenvalue weighted by atomic mass is 15.3. The van der Waals surface area contributed by atoms with Crippen molar-refractivity contribution in [1.29, 1.82) is 0 Å². The van der Waals surface area contributed by atoms with Crippen molar-refractivity contribution in [2.75, 3.05) is 32.7 Å². The van der Waals surface area contributed by atoms with Gasteiger partial charge in [-0.25, -0.2) is 0 Å². The van der Waals surface area contributed by atoms with Gasteiger partial charge >= 0.3 is 0 Å². The predicted molar refractivity (Wildman–Crippen MR) is 89.3 cm³/mol. The molecule has 0 saturated carbocycles. The summed E-state index contributed by atoms with van der Waals surface area (Å²) in [5, 5.41) is 0. The van der Waals surface area contributed by atoms with E-state index < -0.39 is 0 Å². The minimum Gasteiger partial charge on any atom is -0.329 e. The van der Waals surface area contributed by atoms with Gasteiger partial charge in [-0.05, 0) is 17.7 Å². The number of pyridine rings is 1. The van der Waals surface area contributed by atoms with Crippen molar-refractivity contribution in [3.8, 4) is 0 Å². The first-order valence-corrected chi connectivity index (χ1v) is 7.98. The summed E-state index contributed by atoms with van der Waals surface area (Å²) >= 11 is 0. The van der Waals surface area contributed by atoms with Crippen LogP contribution >= 0.6 is 0 Å². The molecule has 3 rings (SSSR count). The highest BCUT2D eigenvalue weighted by Crippen LogP contribution is 2.19. The third-order valence-corrected chi connectivity index (χ3v) is 4.35. The third kappa shape index (κ3) is 3.71. The molecule has 4 heteroatoms. The van der Waals surface area contributed by atoms with Gasteiger partial charge in [-0.3, -0.25) is 14.8 Å². The summed E-state index contributed by atoms with van der Waals surface area (Å²) in [7, 11) is 0. The summed E-state index contributed by atoms with van der Waals surface area (Å²) in [5.41, 5.74) is 8.47. The average molecular weight is 296 g/mol. The van der Waals surface area contributed by atoms with Crippen LogP contribution < -0.4 is 5.73 Å². The molecular formula is C18H24N4. The summed E-state index contributed by atoms with van der Waals surface area (Å²) in [6, 6.07) is 17.0. The molecule has 116 valence electrons. The first kappa shape index (κ1) is 15.2. The molecule has 22 heavy (non-hydrogen) atoms. The fraction of sp³-hybridized carbons (Fsp3) is 0.389. The van der Waals surface area contributed by atoms with Crippen LogP contribution in [0.2, 0.25) is 0 Å². The van der Waals surface area contributed by atoms with Crippen molar-refractivity contribution in [3.63, 3.8) is 0 Å². The van der Waals surface area contributed by atoms with Gasteiger partial charge in [0.2, 0.25) is 0 Å². The molecule has 2 N–H and O–H groups in total. The van der Waals surface area contributed by atoms with E-state index in [1.165, 1.54) is 5.56 Å². The summed E-state index contributed by atoms with van der Waals surface area (Å²) in [6.45, 7) is 5.91. The van der Waals surface area contributed by atoms with E-state index in [4.69, 9.17) is 5.73 Å². The van der Waals surface area contributed by atoms with E-state index >= 15 is 0 Å². The van der Waals surface area contributed by atoms with E-state index in [2.05, 4.69) is 51.2 Å². The van der Waals surface area contributed by atoms with E-state index in [0.717, 1.165) is 38.4 Å². The van der Waals surface area contributed by atoms with E-state index in [-0.39, 0.29) is 6.04 Å². The highest BCUT2D eigenvalue weighted by Gasteiger charge is 2.24. The maximum atomic E-state index is 6.00. The zero-order valence-corrected chi connectivity index (χ0v) is 12.9. The van der Waals surface area contributed by atoms with Crippen LogP contribution in [0.4, 0.5) is 0 Å². The summed E-state index contributed by atoms with van der Waals surface area (Å²) in [4.78, 5) is 9.45. The van der Waals surface area contributed by atoms with Crippen LogP contribution in [0.1, 0.15) is 17.3 Å². The maximum absolute atomic E-state index is 6.00. The van der Waals surface area contributed by atoms with Crippen LogP contribution in [0.15, 0.2) is 54.7 Å². The Kier molecular flexibility index (Phi) is 5.16. The van der Waals surface area contributed by atoms with Crippen molar-refractivity contribution in [1.82, 2.24) is 14.8 Å². The number of aromatic nitrogens is 1.